The number of alkyl halides is 3. The van der Waals surface area contributed by atoms with Crippen molar-refractivity contribution < 1.29 is 22.7 Å². The fourth-order valence-electron chi connectivity index (χ4n) is 4.67. The number of hydrogen-bond acceptors (Lipinski definition) is 3. The number of benzene rings is 2. The number of rotatable bonds is 4. The Balaban J connectivity index is 1.82. The van der Waals surface area contributed by atoms with Crippen molar-refractivity contribution in [2.75, 3.05) is 0 Å². The van der Waals surface area contributed by atoms with Crippen LogP contribution in [0, 0.1) is 22.2 Å². The van der Waals surface area contributed by atoms with E-state index in [1.807, 2.05) is 33.8 Å². The van der Waals surface area contributed by atoms with Crippen molar-refractivity contribution >= 4 is 5.91 Å². The van der Waals surface area contributed by atoms with E-state index in [0.29, 0.717) is 5.56 Å². The van der Waals surface area contributed by atoms with Gasteiger partial charge in [-0.15, -0.1) is 0 Å². The van der Waals surface area contributed by atoms with Gasteiger partial charge in [-0.3, -0.25) is 4.79 Å². The molecule has 7 heteroatoms. The minimum Gasteiger partial charge on any atom is -0.489 e. The summed E-state index contributed by atoms with van der Waals surface area (Å²) in [5.41, 5.74) is -1.99. The molecule has 1 aliphatic rings. The Bertz CT molecular complexity index is 976. The third-order valence-corrected chi connectivity index (χ3v) is 5.82. The third-order valence-electron chi connectivity index (χ3n) is 5.82. The Morgan fingerprint density at radius 2 is 1.67 bits per heavy atom. The highest BCUT2D eigenvalue weighted by Crippen LogP contribution is 2.55. The molecule has 1 N–H and O–H groups in total. The summed E-state index contributed by atoms with van der Waals surface area (Å²) >= 11 is 0. The number of hydrogen-bond donors (Lipinski definition) is 1. The molecule has 0 atom stereocenters. The molecule has 0 saturated heterocycles. The van der Waals surface area contributed by atoms with Crippen molar-refractivity contribution in [1.29, 1.82) is 5.26 Å². The second kappa shape index (κ2) is 7.35. The maximum atomic E-state index is 13.3. The van der Waals surface area contributed by atoms with E-state index < -0.39 is 34.2 Å². The minimum absolute atomic E-state index is 0.0420. The molecule has 4 nitrogen and oxygen atoms in total. The second-order valence-corrected chi connectivity index (χ2v) is 8.73. The van der Waals surface area contributed by atoms with Gasteiger partial charge in [0.1, 0.15) is 11.9 Å². The first-order valence-electron chi connectivity index (χ1n) is 9.53. The van der Waals surface area contributed by atoms with E-state index in [1.54, 1.807) is 30.3 Å². The summed E-state index contributed by atoms with van der Waals surface area (Å²) in [6.45, 7) is 7.64. The predicted octanol–water partition coefficient (Wildman–Crippen LogP) is 5.19. The van der Waals surface area contributed by atoms with Crippen LogP contribution in [0.15, 0.2) is 48.5 Å². The number of nitrogens with zero attached hydrogens (tertiary/aromatic N) is 1. The average molecular weight is 416 g/mol. The number of halogens is 3. The van der Waals surface area contributed by atoms with Crippen molar-refractivity contribution in [2.45, 2.75) is 46.0 Å². The molecule has 1 aliphatic carbocycles. The highest BCUT2D eigenvalue weighted by Gasteiger charge is 2.64. The highest BCUT2D eigenvalue weighted by molar-refractivity contribution is 5.94. The second-order valence-electron chi connectivity index (χ2n) is 8.73. The van der Waals surface area contributed by atoms with Crippen LogP contribution in [0.3, 0.4) is 0 Å². The Morgan fingerprint density at radius 1 is 1.07 bits per heavy atom. The van der Waals surface area contributed by atoms with Crippen LogP contribution in [0.1, 0.15) is 49.2 Å². The molecule has 0 heterocycles. The summed E-state index contributed by atoms with van der Waals surface area (Å²) in [6.07, 6.45) is -5.10. The molecule has 1 amide bonds. The van der Waals surface area contributed by atoms with Gasteiger partial charge in [0.15, 0.2) is 0 Å². The standard InChI is InChI=1S/C23H23F3N2O2/c1-21(2)19(28-18(29)14-8-6-5-7-9-14)22(3,4)20(21)30-16-11-10-15(13-27)17(12-16)23(24,25)26/h5-12,19-20H,1-4H3,(H,28,29)/t19-,20-. The SMILES string of the molecule is CC1(C)[C@H](NC(=O)c2ccccc2)C(C)(C)[C@H]1Oc1ccc(C#N)c(C(F)(F)F)c1. The van der Waals surface area contributed by atoms with Crippen LogP contribution in [-0.4, -0.2) is 18.1 Å². The van der Waals surface area contributed by atoms with Crippen molar-refractivity contribution in [3.63, 3.8) is 0 Å². The molecule has 0 aliphatic heterocycles. The van der Waals surface area contributed by atoms with Crippen LogP contribution < -0.4 is 10.1 Å². The summed E-state index contributed by atoms with van der Waals surface area (Å²) in [5.74, 6) is -0.168. The predicted molar refractivity (Wildman–Crippen MR) is 106 cm³/mol. The summed E-state index contributed by atoms with van der Waals surface area (Å²) in [7, 11) is 0. The molecular formula is C23H23F3N2O2. The first-order valence-corrected chi connectivity index (χ1v) is 9.53. The molecule has 0 bridgehead atoms. The molecule has 1 fully saturated rings. The quantitative estimate of drug-likeness (QED) is 0.746. The fourth-order valence-corrected chi connectivity index (χ4v) is 4.67. The lowest BCUT2D eigenvalue weighted by atomic mass is 9.49. The average Bonchev–Trinajstić information content (AvgIpc) is 2.69. The first-order chi connectivity index (χ1) is 13.9. The van der Waals surface area contributed by atoms with Gasteiger partial charge < -0.3 is 10.1 Å². The van der Waals surface area contributed by atoms with Crippen molar-refractivity contribution in [3.8, 4) is 11.8 Å². The monoisotopic (exact) mass is 416 g/mol. The Kier molecular flexibility index (Phi) is 5.32. The van der Waals surface area contributed by atoms with Crippen LogP contribution in [0.5, 0.6) is 5.75 Å². The molecule has 0 unspecified atom stereocenters. The number of carbonyl (C=O) groups excluding carboxylic acids is 1. The smallest absolute Gasteiger partial charge is 0.417 e. The van der Waals surface area contributed by atoms with E-state index in [1.165, 1.54) is 6.07 Å². The molecular weight excluding hydrogens is 393 g/mol. The van der Waals surface area contributed by atoms with Gasteiger partial charge in [-0.1, -0.05) is 45.9 Å². The zero-order valence-corrected chi connectivity index (χ0v) is 17.2. The molecule has 2 aromatic rings. The molecule has 158 valence electrons. The number of amides is 1. The summed E-state index contributed by atoms with van der Waals surface area (Å²) < 4.78 is 45.8. The van der Waals surface area contributed by atoms with Gasteiger partial charge in [0.2, 0.25) is 0 Å². The number of ether oxygens (including phenoxy) is 1. The normalized spacial score (nSPS) is 21.8. The number of nitrogens with one attached hydrogen (secondary N) is 1. The van der Waals surface area contributed by atoms with Gasteiger partial charge in [-0.2, -0.15) is 18.4 Å². The zero-order chi connectivity index (χ0) is 22.3. The van der Waals surface area contributed by atoms with Crippen LogP contribution in [0.4, 0.5) is 13.2 Å². The first kappa shape index (κ1) is 21.7. The van der Waals surface area contributed by atoms with E-state index in [0.717, 1.165) is 12.1 Å². The van der Waals surface area contributed by atoms with Crippen LogP contribution in [0.2, 0.25) is 0 Å². The third kappa shape index (κ3) is 3.74. The Morgan fingerprint density at radius 3 is 2.20 bits per heavy atom. The van der Waals surface area contributed by atoms with E-state index in [4.69, 9.17) is 10.00 Å². The summed E-state index contributed by atoms with van der Waals surface area (Å²) in [6, 6.07) is 13.5. The van der Waals surface area contributed by atoms with Crippen molar-refractivity contribution in [1.82, 2.24) is 5.32 Å². The lowest BCUT2D eigenvalue weighted by Gasteiger charge is -2.63. The topological polar surface area (TPSA) is 62.1 Å². The molecule has 1 saturated carbocycles. The molecule has 0 radical (unpaired) electrons. The fraction of sp³-hybridized carbons (Fsp3) is 0.391. The van der Waals surface area contributed by atoms with E-state index in [9.17, 15) is 18.0 Å². The zero-order valence-electron chi connectivity index (χ0n) is 17.2. The maximum Gasteiger partial charge on any atom is 0.417 e. The molecule has 3 rings (SSSR count). The van der Waals surface area contributed by atoms with Gasteiger partial charge >= 0.3 is 6.18 Å². The minimum atomic E-state index is -4.65. The van der Waals surface area contributed by atoms with Crippen LogP contribution >= 0.6 is 0 Å². The number of nitriles is 1. The van der Waals surface area contributed by atoms with E-state index >= 15 is 0 Å². The maximum absolute atomic E-state index is 13.3. The van der Waals surface area contributed by atoms with Crippen molar-refractivity contribution in [3.05, 3.63) is 65.2 Å². The molecule has 30 heavy (non-hydrogen) atoms. The van der Waals surface area contributed by atoms with Crippen molar-refractivity contribution in [2.24, 2.45) is 10.8 Å². The lowest BCUT2D eigenvalue weighted by Crippen LogP contribution is -2.74. The highest BCUT2D eigenvalue weighted by atomic mass is 19.4. The van der Waals surface area contributed by atoms with E-state index in [-0.39, 0.29) is 17.7 Å². The van der Waals surface area contributed by atoms with Gasteiger partial charge in [0.25, 0.3) is 5.91 Å². The van der Waals surface area contributed by atoms with Crippen LogP contribution in [-0.2, 0) is 6.18 Å². The summed E-state index contributed by atoms with van der Waals surface area (Å²) in [4.78, 5) is 12.6. The van der Waals surface area contributed by atoms with Gasteiger partial charge in [0.05, 0.1) is 17.2 Å². The lowest BCUT2D eigenvalue weighted by molar-refractivity contribution is -0.164. The summed E-state index contributed by atoms with van der Waals surface area (Å²) in [5, 5.41) is 12.0. The largest absolute Gasteiger partial charge is 0.489 e. The van der Waals surface area contributed by atoms with Gasteiger partial charge in [0, 0.05) is 22.4 Å². The molecule has 2 aromatic carbocycles. The number of carbonyl (C=O) groups is 1. The van der Waals surface area contributed by atoms with Gasteiger partial charge in [-0.25, -0.2) is 0 Å². The van der Waals surface area contributed by atoms with Crippen LogP contribution in [0.25, 0.3) is 0 Å². The van der Waals surface area contributed by atoms with E-state index in [2.05, 4.69) is 5.32 Å². The Hall–Kier alpha value is -3.01. The Labute approximate surface area is 173 Å². The van der Waals surface area contributed by atoms with Gasteiger partial charge in [-0.05, 0) is 30.3 Å². The molecule has 0 aromatic heterocycles. The molecule has 0 spiro atoms.